The fraction of sp³-hybridized carbons (Fsp3) is 0.400. The zero-order valence-electron chi connectivity index (χ0n) is 8.44. The maximum absolute atomic E-state index is 10.9. The number of thiazole rings is 1. The molecule has 74 valence electrons. The molecular weight excluding hydrogens is 196 g/mol. The Labute approximate surface area is 86.4 Å². The second-order valence-corrected chi connectivity index (χ2v) is 4.47. The lowest BCUT2D eigenvalue weighted by molar-refractivity contribution is 0.111. The first-order valence-corrected chi connectivity index (χ1v) is 5.44. The molecule has 2 rings (SSSR count). The van der Waals surface area contributed by atoms with Gasteiger partial charge >= 0.3 is 0 Å². The van der Waals surface area contributed by atoms with Crippen LogP contribution in [0.15, 0.2) is 5.38 Å². The normalized spacial score (nSPS) is 11.4. The van der Waals surface area contributed by atoms with E-state index in [0.717, 1.165) is 22.6 Å². The number of fused-ring (bicyclic) bond motifs is 1. The van der Waals surface area contributed by atoms with E-state index in [4.69, 9.17) is 0 Å². The van der Waals surface area contributed by atoms with Crippen LogP contribution in [-0.4, -0.2) is 15.7 Å². The molecule has 3 nitrogen and oxygen atoms in total. The van der Waals surface area contributed by atoms with Gasteiger partial charge in [0.2, 0.25) is 0 Å². The van der Waals surface area contributed by atoms with Crippen LogP contribution in [0.25, 0.3) is 4.96 Å². The summed E-state index contributed by atoms with van der Waals surface area (Å²) in [5.41, 5.74) is 2.66. The fourth-order valence-electron chi connectivity index (χ4n) is 1.54. The highest BCUT2D eigenvalue weighted by atomic mass is 32.1. The van der Waals surface area contributed by atoms with Gasteiger partial charge in [-0.1, -0.05) is 13.8 Å². The van der Waals surface area contributed by atoms with E-state index >= 15 is 0 Å². The summed E-state index contributed by atoms with van der Waals surface area (Å²) in [5, 5.41) is 2.07. The van der Waals surface area contributed by atoms with E-state index in [9.17, 15) is 4.79 Å². The molecule has 0 bridgehead atoms. The minimum Gasteiger partial charge on any atom is -0.296 e. The van der Waals surface area contributed by atoms with Crippen molar-refractivity contribution in [1.29, 1.82) is 0 Å². The molecule has 0 saturated carbocycles. The summed E-state index contributed by atoms with van der Waals surface area (Å²) in [7, 11) is 0. The Morgan fingerprint density at radius 2 is 2.29 bits per heavy atom. The number of hydrogen-bond acceptors (Lipinski definition) is 3. The molecule has 0 atom stereocenters. The van der Waals surface area contributed by atoms with Gasteiger partial charge in [-0.3, -0.25) is 9.20 Å². The molecule has 0 N–H and O–H groups in total. The molecule has 2 aromatic rings. The van der Waals surface area contributed by atoms with Crippen LogP contribution in [-0.2, 0) is 0 Å². The lowest BCUT2D eigenvalue weighted by Crippen LogP contribution is -1.98. The van der Waals surface area contributed by atoms with Crippen LogP contribution in [0.5, 0.6) is 0 Å². The zero-order valence-corrected chi connectivity index (χ0v) is 9.26. The van der Waals surface area contributed by atoms with E-state index in [0.29, 0.717) is 11.6 Å². The number of aryl methyl sites for hydroxylation is 1. The Kier molecular flexibility index (Phi) is 2.15. The summed E-state index contributed by atoms with van der Waals surface area (Å²) < 4.78 is 1.96. The summed E-state index contributed by atoms with van der Waals surface area (Å²) >= 11 is 1.59. The standard InChI is InChI=1S/C10H12N2OS/c1-6(2)9-5-14-10-11-7(3)8(4-13)12(9)10/h4-6H,1-3H3. The highest BCUT2D eigenvalue weighted by Gasteiger charge is 2.14. The molecule has 0 unspecified atom stereocenters. The number of carbonyl (C=O) groups is 1. The summed E-state index contributed by atoms with van der Waals surface area (Å²) in [6.07, 6.45) is 0.883. The van der Waals surface area contributed by atoms with E-state index in [2.05, 4.69) is 24.2 Å². The summed E-state index contributed by atoms with van der Waals surface area (Å²) in [6.45, 7) is 6.10. The van der Waals surface area contributed by atoms with Gasteiger partial charge in [0.05, 0.1) is 5.69 Å². The Balaban J connectivity index is 2.80. The van der Waals surface area contributed by atoms with Crippen molar-refractivity contribution in [2.24, 2.45) is 0 Å². The highest BCUT2D eigenvalue weighted by Crippen LogP contribution is 2.24. The highest BCUT2D eigenvalue weighted by molar-refractivity contribution is 7.15. The van der Waals surface area contributed by atoms with Crippen molar-refractivity contribution in [3.05, 3.63) is 22.5 Å². The summed E-state index contributed by atoms with van der Waals surface area (Å²) in [4.78, 5) is 16.2. The second kappa shape index (κ2) is 3.20. The molecule has 0 aliphatic carbocycles. The van der Waals surface area contributed by atoms with Crippen molar-refractivity contribution in [2.75, 3.05) is 0 Å². The number of aldehydes is 1. The molecule has 0 spiro atoms. The van der Waals surface area contributed by atoms with E-state index in [1.54, 1.807) is 11.3 Å². The number of nitrogens with zero attached hydrogens (tertiary/aromatic N) is 2. The topological polar surface area (TPSA) is 34.4 Å². The maximum Gasteiger partial charge on any atom is 0.194 e. The molecule has 0 radical (unpaired) electrons. The van der Waals surface area contributed by atoms with Crippen LogP contribution in [0.4, 0.5) is 0 Å². The van der Waals surface area contributed by atoms with Crippen LogP contribution >= 0.6 is 11.3 Å². The zero-order chi connectivity index (χ0) is 10.3. The van der Waals surface area contributed by atoms with Crippen LogP contribution in [0.1, 0.15) is 41.6 Å². The first-order chi connectivity index (χ1) is 6.65. The minimum atomic E-state index is 0.413. The van der Waals surface area contributed by atoms with Gasteiger partial charge < -0.3 is 0 Å². The van der Waals surface area contributed by atoms with Gasteiger partial charge in [0.1, 0.15) is 5.69 Å². The second-order valence-electron chi connectivity index (χ2n) is 3.63. The molecule has 0 aliphatic rings. The van der Waals surface area contributed by atoms with Gasteiger partial charge in [-0.2, -0.15) is 0 Å². The number of aromatic nitrogens is 2. The third-order valence-corrected chi connectivity index (χ3v) is 3.16. The van der Waals surface area contributed by atoms with Crippen LogP contribution in [0.3, 0.4) is 0 Å². The van der Waals surface area contributed by atoms with Crippen molar-refractivity contribution >= 4 is 22.6 Å². The van der Waals surface area contributed by atoms with Gasteiger partial charge in [-0.05, 0) is 12.8 Å². The summed E-state index contributed by atoms with van der Waals surface area (Å²) in [6, 6.07) is 0. The van der Waals surface area contributed by atoms with Gasteiger partial charge in [0.15, 0.2) is 11.2 Å². The van der Waals surface area contributed by atoms with E-state index in [-0.39, 0.29) is 0 Å². The molecule has 0 fully saturated rings. The number of imidazole rings is 1. The first kappa shape index (κ1) is 9.40. The third-order valence-electron chi connectivity index (χ3n) is 2.31. The van der Waals surface area contributed by atoms with Crippen molar-refractivity contribution < 1.29 is 4.79 Å². The van der Waals surface area contributed by atoms with Crippen molar-refractivity contribution in [2.45, 2.75) is 26.7 Å². The lowest BCUT2D eigenvalue weighted by atomic mass is 10.1. The molecule has 0 aromatic carbocycles. The van der Waals surface area contributed by atoms with Gasteiger partial charge in [0, 0.05) is 11.1 Å². The Bertz CT molecular complexity index is 481. The molecule has 0 saturated heterocycles. The van der Waals surface area contributed by atoms with Crippen molar-refractivity contribution in [3.63, 3.8) is 0 Å². The van der Waals surface area contributed by atoms with Gasteiger partial charge in [-0.25, -0.2) is 4.98 Å². The van der Waals surface area contributed by atoms with Crippen LogP contribution in [0.2, 0.25) is 0 Å². The number of hydrogen-bond donors (Lipinski definition) is 0. The van der Waals surface area contributed by atoms with Gasteiger partial charge in [0.25, 0.3) is 0 Å². The third kappa shape index (κ3) is 1.18. The molecule has 14 heavy (non-hydrogen) atoms. The maximum atomic E-state index is 10.9. The largest absolute Gasteiger partial charge is 0.296 e. The average molecular weight is 208 g/mol. The average Bonchev–Trinajstić information content (AvgIpc) is 2.61. The molecule has 2 aromatic heterocycles. The first-order valence-electron chi connectivity index (χ1n) is 4.56. The van der Waals surface area contributed by atoms with Crippen LogP contribution < -0.4 is 0 Å². The Morgan fingerprint density at radius 1 is 1.57 bits per heavy atom. The molecule has 2 heterocycles. The van der Waals surface area contributed by atoms with Gasteiger partial charge in [-0.15, -0.1) is 11.3 Å². The molecule has 0 amide bonds. The monoisotopic (exact) mass is 208 g/mol. The number of rotatable bonds is 2. The summed E-state index contributed by atoms with van der Waals surface area (Å²) in [5.74, 6) is 0.413. The quantitative estimate of drug-likeness (QED) is 0.711. The Morgan fingerprint density at radius 3 is 2.86 bits per heavy atom. The fourth-order valence-corrected chi connectivity index (χ4v) is 2.64. The lowest BCUT2D eigenvalue weighted by Gasteiger charge is -2.03. The minimum absolute atomic E-state index is 0.413. The van der Waals surface area contributed by atoms with E-state index in [1.807, 2.05) is 11.3 Å². The molecular formula is C10H12N2OS. The van der Waals surface area contributed by atoms with E-state index in [1.165, 1.54) is 0 Å². The van der Waals surface area contributed by atoms with Crippen molar-refractivity contribution in [1.82, 2.24) is 9.38 Å². The predicted molar refractivity (Wildman–Crippen MR) is 57.3 cm³/mol. The predicted octanol–water partition coefficient (Wildman–Crippen LogP) is 2.64. The number of carbonyl (C=O) groups excluding carboxylic acids is 1. The SMILES string of the molecule is Cc1nc2scc(C(C)C)n2c1C=O. The molecule has 4 heteroatoms. The smallest absolute Gasteiger partial charge is 0.194 e. The van der Waals surface area contributed by atoms with Crippen molar-refractivity contribution in [3.8, 4) is 0 Å². The Hall–Kier alpha value is -1.16. The molecule has 0 aliphatic heterocycles. The van der Waals surface area contributed by atoms with E-state index < -0.39 is 0 Å². The van der Waals surface area contributed by atoms with Crippen LogP contribution in [0, 0.1) is 6.92 Å².